The molecular weight excluding hydrogens is 510 g/mol. The average molecular weight is 528 g/mol. The number of hydrogen-bond donors (Lipinski definition) is 0. The van der Waals surface area contributed by atoms with E-state index in [-0.39, 0.29) is 26.3 Å². The molecule has 2 aromatic carbocycles. The van der Waals surface area contributed by atoms with E-state index in [0.29, 0.717) is 42.6 Å². The topological polar surface area (TPSA) is 60.8 Å². The fourth-order valence-corrected chi connectivity index (χ4v) is 4.87. The predicted molar refractivity (Wildman–Crippen MR) is 130 cm³/mol. The molecule has 0 amide bonds. The van der Waals surface area contributed by atoms with Crippen LogP contribution < -0.4 is 4.90 Å². The smallest absolute Gasteiger partial charge is 0.357 e. The monoisotopic (exact) mass is 526 g/mol. The third-order valence-electron chi connectivity index (χ3n) is 5.28. The van der Waals surface area contributed by atoms with Crippen molar-refractivity contribution in [1.29, 1.82) is 0 Å². The molecule has 0 spiro atoms. The first kappa shape index (κ1) is 23.9. The summed E-state index contributed by atoms with van der Waals surface area (Å²) in [6.07, 6.45) is 1.59. The zero-order chi connectivity index (χ0) is 23.7. The molecule has 0 unspecified atom stereocenters. The zero-order valence-corrected chi connectivity index (χ0v) is 20.4. The highest BCUT2D eigenvalue weighted by atomic mass is 35.5. The summed E-state index contributed by atoms with van der Waals surface area (Å²) in [4.78, 5) is 28.6. The second kappa shape index (κ2) is 9.95. The summed E-state index contributed by atoms with van der Waals surface area (Å²) in [7, 11) is 1.26. The lowest BCUT2D eigenvalue weighted by molar-refractivity contribution is 0.0583. The van der Waals surface area contributed by atoms with Crippen LogP contribution in [0.5, 0.6) is 0 Å². The SMILES string of the molecule is COC(=O)c1c(N2CCOCC2)c(-c2ccc(Cl)cc2)cn1C(=O)c1c(Cl)cc(Cl)cc1Cl. The van der Waals surface area contributed by atoms with Crippen molar-refractivity contribution in [3.8, 4) is 11.1 Å². The van der Waals surface area contributed by atoms with Gasteiger partial charge in [-0.2, -0.15) is 0 Å². The van der Waals surface area contributed by atoms with Crippen molar-refractivity contribution in [2.24, 2.45) is 0 Å². The van der Waals surface area contributed by atoms with E-state index in [9.17, 15) is 9.59 Å². The van der Waals surface area contributed by atoms with Gasteiger partial charge in [-0.3, -0.25) is 9.36 Å². The Morgan fingerprint density at radius 3 is 2.12 bits per heavy atom. The lowest BCUT2D eigenvalue weighted by Crippen LogP contribution is -2.37. The predicted octanol–water partition coefficient (Wildman–Crippen LogP) is 6.08. The van der Waals surface area contributed by atoms with Gasteiger partial charge in [0.15, 0.2) is 5.69 Å². The molecule has 2 heterocycles. The van der Waals surface area contributed by atoms with Crippen LogP contribution in [-0.2, 0) is 9.47 Å². The molecule has 0 radical (unpaired) electrons. The van der Waals surface area contributed by atoms with Gasteiger partial charge in [-0.1, -0.05) is 58.5 Å². The van der Waals surface area contributed by atoms with Crippen LogP contribution in [0.3, 0.4) is 0 Å². The van der Waals surface area contributed by atoms with Gasteiger partial charge in [-0.15, -0.1) is 0 Å². The molecule has 0 N–H and O–H groups in total. The van der Waals surface area contributed by atoms with E-state index in [1.54, 1.807) is 18.3 Å². The summed E-state index contributed by atoms with van der Waals surface area (Å²) in [6.45, 7) is 2.03. The van der Waals surface area contributed by atoms with Crippen LogP contribution in [0.15, 0.2) is 42.6 Å². The third-order valence-corrected chi connectivity index (χ3v) is 6.35. The Balaban J connectivity index is 1.98. The molecular formula is C23H18Cl4N2O4. The van der Waals surface area contributed by atoms with Gasteiger partial charge in [-0.05, 0) is 29.8 Å². The number of carbonyl (C=O) groups excluding carboxylic acids is 2. The molecule has 0 atom stereocenters. The number of carbonyl (C=O) groups is 2. The summed E-state index contributed by atoms with van der Waals surface area (Å²) in [6, 6.07) is 9.96. The van der Waals surface area contributed by atoms with E-state index < -0.39 is 11.9 Å². The number of hydrogen-bond acceptors (Lipinski definition) is 5. The first-order valence-corrected chi connectivity index (χ1v) is 11.4. The molecule has 1 saturated heterocycles. The second-order valence-electron chi connectivity index (χ2n) is 7.26. The van der Waals surface area contributed by atoms with Gasteiger partial charge in [0, 0.05) is 34.9 Å². The minimum absolute atomic E-state index is 0.0269. The Labute approximate surface area is 210 Å². The maximum atomic E-state index is 13.7. The van der Waals surface area contributed by atoms with E-state index in [1.807, 2.05) is 17.0 Å². The first-order valence-electron chi connectivity index (χ1n) is 9.93. The summed E-state index contributed by atoms with van der Waals surface area (Å²) >= 11 is 24.7. The second-order valence-corrected chi connectivity index (χ2v) is 8.94. The normalized spacial score (nSPS) is 13.8. The molecule has 172 valence electrons. The zero-order valence-electron chi connectivity index (χ0n) is 17.4. The summed E-state index contributed by atoms with van der Waals surface area (Å²) in [5.74, 6) is -1.26. The van der Waals surface area contributed by atoms with Crippen LogP contribution in [0, 0.1) is 0 Å². The maximum Gasteiger partial charge on any atom is 0.357 e. The van der Waals surface area contributed by atoms with Gasteiger partial charge in [0.2, 0.25) is 0 Å². The Bertz CT molecular complexity index is 1190. The van der Waals surface area contributed by atoms with Crippen LogP contribution in [0.2, 0.25) is 20.1 Å². The molecule has 0 aliphatic carbocycles. The van der Waals surface area contributed by atoms with E-state index >= 15 is 0 Å². The minimum atomic E-state index is -0.675. The van der Waals surface area contributed by atoms with Crippen molar-refractivity contribution in [1.82, 2.24) is 4.57 Å². The quantitative estimate of drug-likeness (QED) is 0.385. The van der Waals surface area contributed by atoms with E-state index in [2.05, 4.69) is 0 Å². The molecule has 1 fully saturated rings. The Hall–Kier alpha value is -2.22. The Morgan fingerprint density at radius 2 is 1.55 bits per heavy atom. The van der Waals surface area contributed by atoms with Crippen LogP contribution in [0.4, 0.5) is 5.69 Å². The number of anilines is 1. The van der Waals surface area contributed by atoms with E-state index in [1.165, 1.54) is 23.8 Å². The fourth-order valence-electron chi connectivity index (χ4n) is 3.76. The molecule has 3 aromatic rings. The van der Waals surface area contributed by atoms with Gasteiger partial charge in [0.05, 0.1) is 41.6 Å². The molecule has 1 aliphatic heterocycles. The number of nitrogens with zero attached hydrogens (tertiary/aromatic N) is 2. The molecule has 6 nitrogen and oxygen atoms in total. The summed E-state index contributed by atoms with van der Waals surface area (Å²) in [5.41, 5.74) is 2.08. The highest BCUT2D eigenvalue weighted by Gasteiger charge is 2.32. The van der Waals surface area contributed by atoms with E-state index in [0.717, 1.165) is 5.56 Å². The molecule has 10 heteroatoms. The summed E-state index contributed by atoms with van der Waals surface area (Å²) < 4.78 is 11.8. The van der Waals surface area contributed by atoms with Crippen molar-refractivity contribution in [3.63, 3.8) is 0 Å². The standard InChI is InChI=1S/C23H18Cl4N2O4/c1-32-23(31)21-20(28-6-8-33-9-7-28)16(13-2-4-14(24)5-3-13)12-29(21)22(30)19-17(26)10-15(25)11-18(19)27/h2-5,10-12H,6-9H2,1H3. The number of ether oxygens (including phenoxy) is 2. The number of morpholine rings is 1. The van der Waals surface area contributed by atoms with E-state index in [4.69, 9.17) is 55.9 Å². The molecule has 4 rings (SSSR count). The van der Waals surface area contributed by atoms with Crippen LogP contribution in [-0.4, -0.2) is 49.9 Å². The van der Waals surface area contributed by atoms with Crippen molar-refractivity contribution >= 4 is 64.0 Å². The van der Waals surface area contributed by atoms with Crippen molar-refractivity contribution in [2.75, 3.05) is 38.3 Å². The number of halogens is 4. The molecule has 0 bridgehead atoms. The molecule has 1 aromatic heterocycles. The highest BCUT2D eigenvalue weighted by Crippen LogP contribution is 2.39. The van der Waals surface area contributed by atoms with Crippen molar-refractivity contribution in [2.45, 2.75) is 0 Å². The van der Waals surface area contributed by atoms with Gasteiger partial charge in [0.1, 0.15) is 0 Å². The van der Waals surface area contributed by atoms with Crippen LogP contribution in [0.1, 0.15) is 20.8 Å². The average Bonchev–Trinajstić information content (AvgIpc) is 3.19. The molecule has 0 saturated carbocycles. The lowest BCUT2D eigenvalue weighted by Gasteiger charge is -2.30. The number of rotatable bonds is 4. The van der Waals surface area contributed by atoms with Crippen LogP contribution >= 0.6 is 46.4 Å². The Morgan fingerprint density at radius 1 is 0.939 bits per heavy atom. The van der Waals surface area contributed by atoms with Gasteiger partial charge in [0.25, 0.3) is 5.91 Å². The number of benzene rings is 2. The largest absolute Gasteiger partial charge is 0.464 e. The maximum absolute atomic E-state index is 13.7. The van der Waals surface area contributed by atoms with Crippen LogP contribution in [0.25, 0.3) is 11.1 Å². The molecule has 1 aliphatic rings. The third kappa shape index (κ3) is 4.72. The van der Waals surface area contributed by atoms with Crippen molar-refractivity contribution < 1.29 is 19.1 Å². The fraction of sp³-hybridized carbons (Fsp3) is 0.217. The number of aromatic nitrogens is 1. The number of methoxy groups -OCH3 is 1. The Kier molecular flexibility index (Phi) is 7.22. The van der Waals surface area contributed by atoms with Crippen molar-refractivity contribution in [3.05, 3.63) is 73.9 Å². The number of esters is 1. The first-order chi connectivity index (χ1) is 15.8. The highest BCUT2D eigenvalue weighted by molar-refractivity contribution is 6.42. The minimum Gasteiger partial charge on any atom is -0.464 e. The molecule has 33 heavy (non-hydrogen) atoms. The van der Waals surface area contributed by atoms with Gasteiger partial charge < -0.3 is 14.4 Å². The van der Waals surface area contributed by atoms with Gasteiger partial charge in [-0.25, -0.2) is 4.79 Å². The summed E-state index contributed by atoms with van der Waals surface area (Å²) in [5, 5.41) is 0.999. The lowest BCUT2D eigenvalue weighted by atomic mass is 10.1. The van der Waals surface area contributed by atoms with Gasteiger partial charge >= 0.3 is 5.97 Å².